The predicted molar refractivity (Wildman–Crippen MR) is 73.8 cm³/mol. The number of amides is 1. The maximum atomic E-state index is 12.5. The minimum Gasteiger partial charge on any atom is -0.335 e. The van der Waals surface area contributed by atoms with Crippen LogP contribution < -0.4 is 5.32 Å². The molecule has 0 aliphatic carbocycles. The van der Waals surface area contributed by atoms with Crippen LogP contribution >= 0.6 is 0 Å². The first-order chi connectivity index (χ1) is 9.24. The van der Waals surface area contributed by atoms with Crippen LogP contribution in [0, 0.1) is 6.92 Å². The highest BCUT2D eigenvalue weighted by Gasteiger charge is 2.37. The van der Waals surface area contributed by atoms with Gasteiger partial charge < -0.3 is 10.2 Å². The number of fused-ring (bicyclic) bond motifs is 2. The summed E-state index contributed by atoms with van der Waals surface area (Å²) in [6.07, 6.45) is 5.72. The second-order valence-corrected chi connectivity index (χ2v) is 5.66. The number of carbonyl (C=O) groups is 1. The minimum atomic E-state index is 0.266. The number of hydrogen-bond donors (Lipinski definition) is 1. The normalized spacial score (nSPS) is 26.3. The Hall–Kier alpha value is -1.42. The number of hydrogen-bond acceptors (Lipinski definition) is 3. The summed E-state index contributed by atoms with van der Waals surface area (Å²) in [5.74, 6) is 0.266. The van der Waals surface area contributed by atoms with E-state index in [-0.39, 0.29) is 5.91 Å². The van der Waals surface area contributed by atoms with Crippen molar-refractivity contribution in [2.75, 3.05) is 13.1 Å². The Labute approximate surface area is 114 Å². The zero-order valence-corrected chi connectivity index (χ0v) is 11.4. The van der Waals surface area contributed by atoms with Crippen LogP contribution in [0.5, 0.6) is 0 Å². The van der Waals surface area contributed by atoms with Crippen LogP contribution in [-0.2, 0) is 11.2 Å². The van der Waals surface area contributed by atoms with Crippen molar-refractivity contribution in [1.29, 1.82) is 0 Å². The Morgan fingerprint density at radius 1 is 1.37 bits per heavy atom. The van der Waals surface area contributed by atoms with Crippen molar-refractivity contribution in [3.8, 4) is 0 Å². The summed E-state index contributed by atoms with van der Waals surface area (Å²) < 4.78 is 0. The molecule has 4 nitrogen and oxygen atoms in total. The van der Waals surface area contributed by atoms with E-state index in [4.69, 9.17) is 0 Å². The molecule has 0 spiro atoms. The fourth-order valence-electron chi connectivity index (χ4n) is 3.26. The molecule has 3 heterocycles. The first-order valence-corrected chi connectivity index (χ1v) is 7.17. The number of nitrogens with one attached hydrogen (secondary N) is 1. The molecule has 102 valence electrons. The average Bonchev–Trinajstić information content (AvgIpc) is 2.66. The standard InChI is InChI=1S/C15H21N3O/c1-11-2-3-12(9-17-11)8-15(19)18-13-4-5-14(18)10-16-7-6-13/h2-3,9,13-14,16H,4-8,10H2,1H3. The number of pyridine rings is 1. The van der Waals surface area contributed by atoms with Gasteiger partial charge in [-0.1, -0.05) is 6.07 Å². The Kier molecular flexibility index (Phi) is 3.51. The lowest BCUT2D eigenvalue weighted by molar-refractivity contribution is -0.133. The maximum Gasteiger partial charge on any atom is 0.227 e. The molecule has 3 rings (SSSR count). The Bertz CT molecular complexity index is 443. The Balaban J connectivity index is 1.71. The molecule has 2 unspecified atom stereocenters. The lowest BCUT2D eigenvalue weighted by Gasteiger charge is -2.28. The van der Waals surface area contributed by atoms with Gasteiger partial charge in [-0.25, -0.2) is 0 Å². The van der Waals surface area contributed by atoms with Crippen molar-refractivity contribution in [3.05, 3.63) is 29.6 Å². The van der Waals surface area contributed by atoms with Gasteiger partial charge in [0.25, 0.3) is 0 Å². The first-order valence-electron chi connectivity index (χ1n) is 7.17. The second-order valence-electron chi connectivity index (χ2n) is 5.66. The van der Waals surface area contributed by atoms with Crippen LogP contribution in [0.4, 0.5) is 0 Å². The molecule has 1 aromatic heterocycles. The van der Waals surface area contributed by atoms with Gasteiger partial charge in [0, 0.05) is 30.5 Å². The van der Waals surface area contributed by atoms with E-state index in [0.29, 0.717) is 18.5 Å². The van der Waals surface area contributed by atoms with Gasteiger partial charge in [0.15, 0.2) is 0 Å². The summed E-state index contributed by atoms with van der Waals surface area (Å²) >= 11 is 0. The lowest BCUT2D eigenvalue weighted by Crippen LogP contribution is -2.43. The van der Waals surface area contributed by atoms with Crippen molar-refractivity contribution in [2.45, 2.75) is 44.7 Å². The third kappa shape index (κ3) is 2.63. The van der Waals surface area contributed by atoms with Crippen molar-refractivity contribution in [1.82, 2.24) is 15.2 Å². The fourth-order valence-corrected chi connectivity index (χ4v) is 3.26. The van der Waals surface area contributed by atoms with E-state index in [2.05, 4.69) is 15.2 Å². The van der Waals surface area contributed by atoms with Gasteiger partial charge in [-0.3, -0.25) is 9.78 Å². The van der Waals surface area contributed by atoms with Crippen molar-refractivity contribution in [3.63, 3.8) is 0 Å². The SMILES string of the molecule is Cc1ccc(CC(=O)N2C3CCNCC2CC3)cn1. The zero-order valence-electron chi connectivity index (χ0n) is 11.4. The Morgan fingerprint density at radius 2 is 2.21 bits per heavy atom. The van der Waals surface area contributed by atoms with E-state index >= 15 is 0 Å². The number of aryl methyl sites for hydroxylation is 1. The molecule has 2 aliphatic heterocycles. The smallest absolute Gasteiger partial charge is 0.227 e. The van der Waals surface area contributed by atoms with E-state index < -0.39 is 0 Å². The highest BCUT2D eigenvalue weighted by atomic mass is 16.2. The van der Waals surface area contributed by atoms with Crippen molar-refractivity contribution in [2.24, 2.45) is 0 Å². The summed E-state index contributed by atoms with van der Waals surface area (Å²) in [6, 6.07) is 4.84. The van der Waals surface area contributed by atoms with Crippen LogP contribution in [0.3, 0.4) is 0 Å². The lowest BCUT2D eigenvalue weighted by atomic mass is 10.1. The van der Waals surface area contributed by atoms with E-state index in [9.17, 15) is 4.79 Å². The monoisotopic (exact) mass is 259 g/mol. The topological polar surface area (TPSA) is 45.2 Å². The summed E-state index contributed by atoms with van der Waals surface area (Å²) in [7, 11) is 0. The van der Waals surface area contributed by atoms with Crippen LogP contribution in [0.25, 0.3) is 0 Å². The zero-order chi connectivity index (χ0) is 13.2. The number of nitrogens with zero attached hydrogens (tertiary/aromatic N) is 2. The molecule has 0 radical (unpaired) electrons. The van der Waals surface area contributed by atoms with Crippen LogP contribution in [-0.4, -0.2) is 41.0 Å². The molecule has 2 fully saturated rings. The Morgan fingerprint density at radius 3 is 3.00 bits per heavy atom. The van der Waals surface area contributed by atoms with Gasteiger partial charge in [-0.15, -0.1) is 0 Å². The van der Waals surface area contributed by atoms with E-state index in [0.717, 1.165) is 37.2 Å². The number of aromatic nitrogens is 1. The van der Waals surface area contributed by atoms with E-state index in [1.165, 1.54) is 6.42 Å². The molecule has 1 N–H and O–H groups in total. The predicted octanol–water partition coefficient (Wildman–Crippen LogP) is 1.29. The van der Waals surface area contributed by atoms with Gasteiger partial charge in [-0.05, 0) is 44.4 Å². The van der Waals surface area contributed by atoms with Gasteiger partial charge in [0.2, 0.25) is 5.91 Å². The van der Waals surface area contributed by atoms with E-state index in [1.54, 1.807) is 0 Å². The van der Waals surface area contributed by atoms with Crippen molar-refractivity contribution >= 4 is 5.91 Å². The van der Waals surface area contributed by atoms with E-state index in [1.807, 2.05) is 25.3 Å². The molecular formula is C15H21N3O. The molecule has 2 atom stereocenters. The maximum absolute atomic E-state index is 12.5. The summed E-state index contributed by atoms with van der Waals surface area (Å²) in [6.45, 7) is 3.96. The van der Waals surface area contributed by atoms with Gasteiger partial charge in [-0.2, -0.15) is 0 Å². The number of carbonyl (C=O) groups excluding carboxylic acids is 1. The third-order valence-corrected chi connectivity index (χ3v) is 4.27. The molecule has 1 amide bonds. The highest BCUT2D eigenvalue weighted by Crippen LogP contribution is 2.28. The molecule has 2 aliphatic rings. The average molecular weight is 259 g/mol. The molecule has 19 heavy (non-hydrogen) atoms. The van der Waals surface area contributed by atoms with Crippen LogP contribution in [0.1, 0.15) is 30.5 Å². The molecule has 1 aromatic rings. The largest absolute Gasteiger partial charge is 0.335 e. The molecule has 0 aromatic carbocycles. The quantitative estimate of drug-likeness (QED) is 0.870. The molecule has 2 bridgehead atoms. The summed E-state index contributed by atoms with van der Waals surface area (Å²) in [5.41, 5.74) is 2.02. The van der Waals surface area contributed by atoms with Crippen LogP contribution in [0.2, 0.25) is 0 Å². The van der Waals surface area contributed by atoms with Crippen LogP contribution in [0.15, 0.2) is 18.3 Å². The fraction of sp³-hybridized carbons (Fsp3) is 0.600. The minimum absolute atomic E-state index is 0.266. The first kappa shape index (κ1) is 12.6. The summed E-state index contributed by atoms with van der Waals surface area (Å²) in [5, 5.41) is 3.43. The second kappa shape index (κ2) is 5.29. The highest BCUT2D eigenvalue weighted by molar-refractivity contribution is 5.79. The van der Waals surface area contributed by atoms with Gasteiger partial charge in [0.05, 0.1) is 6.42 Å². The third-order valence-electron chi connectivity index (χ3n) is 4.27. The van der Waals surface area contributed by atoms with Crippen molar-refractivity contribution < 1.29 is 4.79 Å². The number of rotatable bonds is 2. The molecule has 0 saturated carbocycles. The molecule has 4 heteroatoms. The van der Waals surface area contributed by atoms with Gasteiger partial charge in [0.1, 0.15) is 0 Å². The molecule has 2 saturated heterocycles. The molecular weight excluding hydrogens is 238 g/mol. The summed E-state index contributed by atoms with van der Waals surface area (Å²) in [4.78, 5) is 18.9. The van der Waals surface area contributed by atoms with Gasteiger partial charge >= 0.3 is 0 Å².